The number of rotatable bonds is 25. The minimum absolute atomic E-state index is 0.233. The topological polar surface area (TPSA) is 71.9 Å². The Morgan fingerprint density at radius 3 is 1.72 bits per heavy atom. The largest absolute Gasteiger partial charge is 0.490 e. The average molecular weight is 819 g/mol. The van der Waals surface area contributed by atoms with Crippen molar-refractivity contribution in [3.8, 4) is 17.1 Å². The third-order valence-corrected chi connectivity index (χ3v) is 7.00. The summed E-state index contributed by atoms with van der Waals surface area (Å²) in [5, 5.41) is 0. The number of hydrogen-bond acceptors (Lipinski definition) is 7. The van der Waals surface area contributed by atoms with E-state index >= 15 is 0 Å². The van der Waals surface area contributed by atoms with Crippen LogP contribution in [0.25, 0.3) is 11.4 Å². The number of aromatic nitrogens is 2. The summed E-state index contributed by atoms with van der Waals surface area (Å²) in [5.41, 5.74) is 1.65. The number of aryl methyl sites for hydroxylation is 1. The van der Waals surface area contributed by atoms with Gasteiger partial charge in [-0.1, -0.05) is 39.0 Å². The number of nitrogens with zero attached hydrogens (tertiary/aromatic N) is 2. The van der Waals surface area contributed by atoms with Crippen LogP contribution in [0.15, 0.2) is 36.7 Å². The molecule has 0 aliphatic heterocycles. The minimum atomic E-state index is -7.95. The van der Waals surface area contributed by atoms with E-state index < -0.39 is 81.7 Å². The third kappa shape index (κ3) is 13.2. The van der Waals surface area contributed by atoms with Gasteiger partial charge in [0.1, 0.15) is 19.0 Å². The molecular weight excluding hydrogens is 784 g/mol. The van der Waals surface area contributed by atoms with E-state index in [2.05, 4.69) is 26.4 Å². The molecule has 0 amide bonds. The second-order valence-electron chi connectivity index (χ2n) is 11.5. The van der Waals surface area contributed by atoms with Crippen molar-refractivity contribution in [1.29, 1.82) is 0 Å². The average Bonchev–Trinajstić information content (AvgIpc) is 3.05. The molecule has 1 heterocycles. The summed E-state index contributed by atoms with van der Waals surface area (Å²) in [5.74, 6) is -15.1. The zero-order chi connectivity index (χ0) is 41.1. The smallest absolute Gasteiger partial charge is 0.460 e. The van der Waals surface area contributed by atoms with Crippen molar-refractivity contribution in [2.24, 2.45) is 0 Å². The lowest BCUT2D eigenvalue weighted by atomic mass is 10.1. The van der Waals surface area contributed by atoms with Gasteiger partial charge < -0.3 is 14.2 Å². The summed E-state index contributed by atoms with van der Waals surface area (Å²) in [7, 11) is 0. The van der Waals surface area contributed by atoms with Crippen LogP contribution in [0.1, 0.15) is 51.0 Å². The summed E-state index contributed by atoms with van der Waals surface area (Å²) in [6.07, 6.45) is -25.8. The van der Waals surface area contributed by atoms with E-state index in [9.17, 15) is 70.2 Å². The van der Waals surface area contributed by atoms with Gasteiger partial charge >= 0.3 is 42.5 Å². The van der Waals surface area contributed by atoms with Crippen molar-refractivity contribution in [3.05, 3.63) is 42.2 Å². The van der Waals surface area contributed by atoms with E-state index in [1.165, 1.54) is 37.8 Å². The molecule has 0 aliphatic rings. The van der Waals surface area contributed by atoms with Crippen LogP contribution in [-0.4, -0.2) is 91.6 Å². The maximum Gasteiger partial charge on any atom is 0.460 e. The maximum absolute atomic E-state index is 14.1. The number of benzene rings is 1. The molecule has 0 radical (unpaired) electrons. The molecule has 1 aromatic heterocycles. The van der Waals surface area contributed by atoms with Gasteiger partial charge in [0.15, 0.2) is 12.0 Å². The molecule has 23 heteroatoms. The summed E-state index contributed by atoms with van der Waals surface area (Å²) in [4.78, 5) is 8.71. The Morgan fingerprint density at radius 1 is 0.611 bits per heavy atom. The molecule has 0 spiro atoms. The molecule has 2 rings (SSSR count). The number of alkyl halides is 16. The minimum Gasteiger partial charge on any atom is -0.490 e. The Hall–Kier alpha value is -3.18. The van der Waals surface area contributed by atoms with Crippen LogP contribution in [-0.2, 0) is 25.4 Å². The second-order valence-corrected chi connectivity index (χ2v) is 11.5. The van der Waals surface area contributed by atoms with Crippen LogP contribution >= 0.6 is 0 Å². The molecule has 1 unspecified atom stereocenters. The SMILES string of the molecule is CCCCCCCCc1cnc(-c2ccc(OCC(F)COCCOCC(F)(F)OC(F)(F)C(F)(F)OC(F)(F)C(F)(F)C(F)(F)C(F)(F)F)cc2)nc1. The molecule has 0 bridgehead atoms. The molecule has 0 saturated heterocycles. The zero-order valence-electron chi connectivity index (χ0n) is 28.0. The summed E-state index contributed by atoms with van der Waals surface area (Å²) in [6, 6.07) is 6.25. The van der Waals surface area contributed by atoms with Gasteiger partial charge in [0.05, 0.1) is 19.8 Å². The molecule has 0 aliphatic carbocycles. The van der Waals surface area contributed by atoms with Crippen molar-refractivity contribution in [1.82, 2.24) is 9.97 Å². The van der Waals surface area contributed by atoms with Gasteiger partial charge in [0.2, 0.25) is 0 Å². The molecule has 1 atom stereocenters. The lowest BCUT2D eigenvalue weighted by Crippen LogP contribution is -2.64. The van der Waals surface area contributed by atoms with Crippen molar-refractivity contribution in [2.75, 3.05) is 33.0 Å². The predicted molar refractivity (Wildman–Crippen MR) is 154 cm³/mol. The van der Waals surface area contributed by atoms with E-state index in [1.54, 1.807) is 29.3 Å². The van der Waals surface area contributed by atoms with Crippen molar-refractivity contribution in [2.45, 2.75) is 100 Å². The fourth-order valence-corrected chi connectivity index (χ4v) is 4.12. The fraction of sp³-hybridized carbons (Fsp3) is 0.677. The first-order valence-corrected chi connectivity index (χ1v) is 15.9. The van der Waals surface area contributed by atoms with Crippen LogP contribution < -0.4 is 4.74 Å². The van der Waals surface area contributed by atoms with Gasteiger partial charge in [-0.15, -0.1) is 0 Å². The normalized spacial score (nSPS) is 14.4. The highest BCUT2D eigenvalue weighted by Crippen LogP contribution is 2.56. The first kappa shape index (κ1) is 47.0. The number of ether oxygens (including phenoxy) is 5. The Labute approximate surface area is 297 Å². The molecule has 2 aromatic rings. The van der Waals surface area contributed by atoms with Crippen LogP contribution in [0.5, 0.6) is 5.75 Å². The maximum atomic E-state index is 14.1. The Kier molecular flexibility index (Phi) is 16.6. The van der Waals surface area contributed by atoms with Crippen molar-refractivity contribution < 1.29 is 93.9 Å². The molecule has 0 saturated carbocycles. The molecule has 54 heavy (non-hydrogen) atoms. The second kappa shape index (κ2) is 19.1. The molecule has 310 valence electrons. The first-order valence-electron chi connectivity index (χ1n) is 15.9. The first-order chi connectivity index (χ1) is 24.8. The van der Waals surface area contributed by atoms with Crippen LogP contribution in [0.4, 0.5) is 70.2 Å². The lowest BCUT2D eigenvalue weighted by molar-refractivity contribution is -0.543. The van der Waals surface area contributed by atoms with Crippen molar-refractivity contribution in [3.63, 3.8) is 0 Å². The molecular formula is C31H34F16N2O5. The van der Waals surface area contributed by atoms with Crippen molar-refractivity contribution >= 4 is 0 Å². The highest BCUT2D eigenvalue weighted by atomic mass is 19.4. The summed E-state index contributed by atoms with van der Waals surface area (Å²) < 4.78 is 228. The fourth-order valence-electron chi connectivity index (χ4n) is 4.12. The standard InChI is InChI=1S/C31H34F16N2O5/c1-2-3-4-5-6-7-8-20-15-48-24(49-16-20)21-9-11-23(12-10-21)52-18-22(32)17-50-13-14-51-19-25(33,34)53-30(44,45)31(46,47)54-29(42,43)27(37,38)26(35,36)28(39,40)41/h9-12,15-16,22H,2-8,13-14,17-19H2,1H3. The van der Waals surface area contributed by atoms with E-state index in [4.69, 9.17) is 9.47 Å². The molecule has 0 N–H and O–H groups in total. The van der Waals surface area contributed by atoms with Gasteiger partial charge in [-0.05, 0) is 42.7 Å². The number of unbranched alkanes of at least 4 members (excludes halogenated alkanes) is 5. The number of hydrogen-bond donors (Lipinski definition) is 0. The van der Waals surface area contributed by atoms with E-state index in [0.29, 0.717) is 11.4 Å². The quantitative estimate of drug-likeness (QED) is 0.0730. The highest BCUT2D eigenvalue weighted by molar-refractivity contribution is 5.55. The Morgan fingerprint density at radius 2 is 1.15 bits per heavy atom. The zero-order valence-corrected chi connectivity index (χ0v) is 28.0. The molecule has 1 aromatic carbocycles. The Balaban J connectivity index is 1.74. The summed E-state index contributed by atoms with van der Waals surface area (Å²) in [6.45, 7) is -3.29. The van der Waals surface area contributed by atoms with E-state index in [-0.39, 0.29) is 5.75 Å². The van der Waals surface area contributed by atoms with E-state index in [0.717, 1.165) is 24.8 Å². The Bertz CT molecular complexity index is 1400. The van der Waals surface area contributed by atoms with Gasteiger partial charge in [-0.25, -0.2) is 23.8 Å². The van der Waals surface area contributed by atoms with Gasteiger partial charge in [0.25, 0.3) is 0 Å². The lowest BCUT2D eigenvalue weighted by Gasteiger charge is -2.36. The van der Waals surface area contributed by atoms with Gasteiger partial charge in [0, 0.05) is 18.0 Å². The van der Waals surface area contributed by atoms with Gasteiger partial charge in [-0.3, -0.25) is 0 Å². The summed E-state index contributed by atoms with van der Waals surface area (Å²) >= 11 is 0. The number of halogens is 16. The third-order valence-electron chi connectivity index (χ3n) is 7.00. The predicted octanol–water partition coefficient (Wildman–Crippen LogP) is 10.0. The van der Waals surface area contributed by atoms with Crippen LogP contribution in [0.2, 0.25) is 0 Å². The molecule has 0 fully saturated rings. The monoisotopic (exact) mass is 818 g/mol. The highest BCUT2D eigenvalue weighted by Gasteiger charge is 2.85. The van der Waals surface area contributed by atoms with Crippen LogP contribution in [0.3, 0.4) is 0 Å². The molecule has 7 nitrogen and oxygen atoms in total. The van der Waals surface area contributed by atoms with Crippen LogP contribution in [0, 0.1) is 0 Å². The van der Waals surface area contributed by atoms with Gasteiger partial charge in [-0.2, -0.15) is 65.9 Å². The van der Waals surface area contributed by atoms with E-state index in [1.807, 2.05) is 0 Å².